The lowest BCUT2D eigenvalue weighted by Crippen LogP contribution is -1.63. The standard InChI is InChI=1S/C6H5N3.CHO2/c1-2-4-6-5(3-1)7-9-8-6;2-1-3/h1-4H,(H,7,8,9);(H,2,3). The molecular formula is C7H6N3O2. The average molecular weight is 164 g/mol. The SMILES string of the molecule is O=[C]O.c1ccc2[nH]nnc2c1. The van der Waals surface area contributed by atoms with Gasteiger partial charge in [0, 0.05) is 0 Å². The quantitative estimate of drug-likeness (QED) is 0.596. The molecule has 12 heavy (non-hydrogen) atoms. The molecule has 0 unspecified atom stereocenters. The zero-order valence-corrected chi connectivity index (χ0v) is 6.06. The van der Waals surface area contributed by atoms with Crippen LogP contribution in [-0.4, -0.2) is 27.0 Å². The molecule has 1 radical (unpaired) electrons. The summed E-state index contributed by atoms with van der Waals surface area (Å²) < 4.78 is 0. The van der Waals surface area contributed by atoms with Crippen molar-refractivity contribution in [2.24, 2.45) is 0 Å². The van der Waals surface area contributed by atoms with Crippen LogP contribution in [0.25, 0.3) is 11.0 Å². The van der Waals surface area contributed by atoms with Crippen LogP contribution in [0.1, 0.15) is 0 Å². The number of aliphatic hydroxyl groups excluding tert-OH is 1. The minimum absolute atomic E-state index is 0.500. The monoisotopic (exact) mass is 164 g/mol. The number of nitrogens with one attached hydrogen (secondary N) is 1. The summed E-state index contributed by atoms with van der Waals surface area (Å²) in [5, 5.41) is 17.0. The topological polar surface area (TPSA) is 78.9 Å². The molecule has 2 aromatic rings. The van der Waals surface area contributed by atoms with Crippen LogP contribution in [0.4, 0.5) is 0 Å². The number of aromatic nitrogens is 3. The molecular weight excluding hydrogens is 158 g/mol. The summed E-state index contributed by atoms with van der Waals surface area (Å²) in [6, 6.07) is 7.74. The first-order valence-corrected chi connectivity index (χ1v) is 3.15. The lowest BCUT2D eigenvalue weighted by atomic mass is 10.3. The van der Waals surface area contributed by atoms with E-state index < -0.39 is 0 Å². The van der Waals surface area contributed by atoms with E-state index in [0.29, 0.717) is 6.47 Å². The molecule has 0 amide bonds. The molecule has 0 aliphatic carbocycles. The Morgan fingerprint density at radius 3 is 2.75 bits per heavy atom. The van der Waals surface area contributed by atoms with Crippen molar-refractivity contribution >= 4 is 17.5 Å². The van der Waals surface area contributed by atoms with Crippen molar-refractivity contribution in [3.05, 3.63) is 24.3 Å². The molecule has 2 N–H and O–H groups in total. The predicted octanol–water partition coefficient (Wildman–Crippen LogP) is 0.569. The first kappa shape index (κ1) is 8.19. The molecule has 2 rings (SSSR count). The Labute approximate surface area is 68.0 Å². The minimum atomic E-state index is 0.500. The van der Waals surface area contributed by atoms with Gasteiger partial charge in [0.15, 0.2) is 0 Å². The number of rotatable bonds is 0. The summed E-state index contributed by atoms with van der Waals surface area (Å²) in [6.07, 6.45) is 0. The Morgan fingerprint density at radius 1 is 1.42 bits per heavy atom. The Balaban J connectivity index is 0.000000213. The number of H-pyrrole nitrogens is 1. The fourth-order valence-electron chi connectivity index (χ4n) is 0.788. The molecule has 1 heterocycles. The van der Waals surface area contributed by atoms with Gasteiger partial charge in [-0.05, 0) is 12.1 Å². The molecule has 0 atom stereocenters. The normalized spacial score (nSPS) is 8.67. The Bertz CT molecular complexity index is 328. The molecule has 61 valence electrons. The largest absolute Gasteiger partial charge is 0.473 e. The molecule has 0 spiro atoms. The molecule has 0 aliphatic rings. The van der Waals surface area contributed by atoms with Gasteiger partial charge in [0.25, 0.3) is 0 Å². The van der Waals surface area contributed by atoms with E-state index in [-0.39, 0.29) is 0 Å². The van der Waals surface area contributed by atoms with Gasteiger partial charge in [-0.1, -0.05) is 17.3 Å². The highest BCUT2D eigenvalue weighted by Gasteiger charge is 1.90. The summed E-state index contributed by atoms with van der Waals surface area (Å²) in [4.78, 5) is 8.24. The molecule has 1 aromatic carbocycles. The van der Waals surface area contributed by atoms with Crippen LogP contribution in [0, 0.1) is 0 Å². The van der Waals surface area contributed by atoms with Gasteiger partial charge in [-0.25, -0.2) is 4.79 Å². The van der Waals surface area contributed by atoms with Crippen LogP contribution in [0.2, 0.25) is 0 Å². The van der Waals surface area contributed by atoms with Gasteiger partial charge in [0.2, 0.25) is 0 Å². The summed E-state index contributed by atoms with van der Waals surface area (Å²) in [7, 11) is 0. The first-order valence-electron chi connectivity index (χ1n) is 3.15. The lowest BCUT2D eigenvalue weighted by Gasteiger charge is -1.79. The van der Waals surface area contributed by atoms with E-state index in [9.17, 15) is 0 Å². The number of hydrogen-bond donors (Lipinski definition) is 2. The Kier molecular flexibility index (Phi) is 2.78. The summed E-state index contributed by atoms with van der Waals surface area (Å²) in [5.74, 6) is 0. The van der Waals surface area contributed by atoms with Crippen molar-refractivity contribution in [3.8, 4) is 0 Å². The zero-order valence-electron chi connectivity index (χ0n) is 6.06. The number of aromatic amines is 1. The molecule has 0 saturated heterocycles. The second-order valence-electron chi connectivity index (χ2n) is 1.92. The van der Waals surface area contributed by atoms with Gasteiger partial charge < -0.3 is 5.11 Å². The second-order valence-corrected chi connectivity index (χ2v) is 1.92. The lowest BCUT2D eigenvalue weighted by molar-refractivity contribution is 0.437. The highest BCUT2D eigenvalue weighted by molar-refractivity contribution is 5.72. The third kappa shape index (κ3) is 1.79. The van der Waals surface area contributed by atoms with Gasteiger partial charge >= 0.3 is 6.47 Å². The predicted molar refractivity (Wildman–Crippen MR) is 42.2 cm³/mol. The van der Waals surface area contributed by atoms with E-state index in [4.69, 9.17) is 9.90 Å². The number of nitrogens with zero attached hydrogens (tertiary/aromatic N) is 2. The number of para-hydroxylation sites is 1. The number of hydrogen-bond acceptors (Lipinski definition) is 3. The second kappa shape index (κ2) is 4.07. The number of benzene rings is 1. The van der Waals surface area contributed by atoms with Crippen molar-refractivity contribution in [1.29, 1.82) is 0 Å². The van der Waals surface area contributed by atoms with E-state index in [1.165, 1.54) is 0 Å². The Morgan fingerprint density at radius 2 is 2.08 bits per heavy atom. The molecule has 5 heteroatoms. The molecule has 0 bridgehead atoms. The van der Waals surface area contributed by atoms with Crippen molar-refractivity contribution in [2.45, 2.75) is 0 Å². The van der Waals surface area contributed by atoms with Gasteiger partial charge in [-0.15, -0.1) is 5.10 Å². The smallest absolute Gasteiger partial charge is 0.414 e. The maximum Gasteiger partial charge on any atom is 0.414 e. The fraction of sp³-hybridized carbons (Fsp3) is 0. The Hall–Kier alpha value is -1.91. The molecule has 0 aliphatic heterocycles. The zero-order chi connectivity index (χ0) is 8.81. The van der Waals surface area contributed by atoms with Gasteiger partial charge in [0.1, 0.15) is 5.52 Å². The first-order chi connectivity index (χ1) is 5.88. The maximum atomic E-state index is 8.24. The van der Waals surface area contributed by atoms with E-state index >= 15 is 0 Å². The fourth-order valence-corrected chi connectivity index (χ4v) is 0.788. The summed E-state index contributed by atoms with van der Waals surface area (Å²) in [5.41, 5.74) is 1.90. The minimum Gasteiger partial charge on any atom is -0.473 e. The van der Waals surface area contributed by atoms with E-state index in [2.05, 4.69) is 15.4 Å². The van der Waals surface area contributed by atoms with Gasteiger partial charge in [0.05, 0.1) is 5.52 Å². The molecule has 0 saturated carbocycles. The van der Waals surface area contributed by atoms with Crippen molar-refractivity contribution in [1.82, 2.24) is 15.4 Å². The van der Waals surface area contributed by atoms with Crippen molar-refractivity contribution < 1.29 is 9.90 Å². The van der Waals surface area contributed by atoms with E-state index in [1.54, 1.807) is 0 Å². The van der Waals surface area contributed by atoms with Crippen molar-refractivity contribution in [2.75, 3.05) is 0 Å². The van der Waals surface area contributed by atoms with Crippen molar-refractivity contribution in [3.63, 3.8) is 0 Å². The highest BCUT2D eigenvalue weighted by atomic mass is 16.3. The van der Waals surface area contributed by atoms with E-state index in [0.717, 1.165) is 11.0 Å². The van der Waals surface area contributed by atoms with Crippen LogP contribution in [0.3, 0.4) is 0 Å². The summed E-state index contributed by atoms with van der Waals surface area (Å²) in [6.45, 7) is 0.500. The molecule has 1 aromatic heterocycles. The number of fused-ring (bicyclic) bond motifs is 1. The van der Waals surface area contributed by atoms with E-state index in [1.807, 2.05) is 24.3 Å². The van der Waals surface area contributed by atoms with Gasteiger partial charge in [-0.2, -0.15) is 0 Å². The van der Waals surface area contributed by atoms with Crippen LogP contribution in [-0.2, 0) is 4.79 Å². The van der Waals surface area contributed by atoms with Crippen LogP contribution >= 0.6 is 0 Å². The van der Waals surface area contributed by atoms with Gasteiger partial charge in [-0.3, -0.25) is 5.10 Å². The van der Waals surface area contributed by atoms with Crippen LogP contribution in [0.15, 0.2) is 24.3 Å². The molecule has 5 nitrogen and oxygen atoms in total. The third-order valence-corrected chi connectivity index (χ3v) is 1.23. The van der Waals surface area contributed by atoms with Crippen LogP contribution < -0.4 is 0 Å². The molecule has 0 fully saturated rings. The maximum absolute atomic E-state index is 8.24. The third-order valence-electron chi connectivity index (χ3n) is 1.23. The average Bonchev–Trinajstić information content (AvgIpc) is 2.52. The summed E-state index contributed by atoms with van der Waals surface area (Å²) >= 11 is 0. The van der Waals surface area contributed by atoms with Crippen LogP contribution in [0.5, 0.6) is 0 Å². The highest BCUT2D eigenvalue weighted by Crippen LogP contribution is 2.03.